The zero-order valence-corrected chi connectivity index (χ0v) is 18.3. The molecule has 1 aliphatic heterocycles. The fraction of sp³-hybridized carbons (Fsp3) is 0.409. The first-order valence-corrected chi connectivity index (χ1v) is 11.6. The van der Waals surface area contributed by atoms with Crippen LogP contribution in [0.3, 0.4) is 0 Å². The molecule has 1 N–H and O–H groups in total. The average Bonchev–Trinajstić information content (AvgIpc) is 3.04. The van der Waals surface area contributed by atoms with Crippen LogP contribution in [0.1, 0.15) is 25.7 Å². The van der Waals surface area contributed by atoms with E-state index in [2.05, 4.69) is 5.32 Å². The van der Waals surface area contributed by atoms with E-state index in [9.17, 15) is 13.2 Å². The van der Waals surface area contributed by atoms with E-state index in [-0.39, 0.29) is 17.3 Å². The molecule has 1 aliphatic rings. The summed E-state index contributed by atoms with van der Waals surface area (Å²) in [6.45, 7) is 1.17. The normalized spacial score (nSPS) is 15.3. The number of para-hydroxylation sites is 1. The Labute approximate surface area is 178 Å². The van der Waals surface area contributed by atoms with Crippen molar-refractivity contribution >= 4 is 27.3 Å². The van der Waals surface area contributed by atoms with E-state index in [1.807, 2.05) is 42.3 Å². The molecule has 0 atom stereocenters. The zero-order valence-electron chi connectivity index (χ0n) is 17.5. The molecule has 1 fully saturated rings. The molecule has 3 rings (SSSR count). The van der Waals surface area contributed by atoms with Crippen molar-refractivity contribution < 1.29 is 17.9 Å². The molecule has 1 saturated heterocycles. The van der Waals surface area contributed by atoms with Gasteiger partial charge in [-0.1, -0.05) is 31.0 Å². The standard InChI is InChI=1S/C22H29N3O4S/c1-24(18-10-6-5-7-11-18)17-22(26)23-20-16-19(12-13-21(20)29-2)30(27,28)25-14-8-3-4-9-15-25/h5-7,10-13,16H,3-4,8-9,14-15,17H2,1-2H3,(H,23,26). The Morgan fingerprint density at radius 3 is 2.37 bits per heavy atom. The van der Waals surface area contributed by atoms with Crippen molar-refractivity contribution in [3.8, 4) is 5.75 Å². The second-order valence-corrected chi connectivity index (χ2v) is 9.36. The number of hydrogen-bond donors (Lipinski definition) is 1. The number of anilines is 2. The minimum atomic E-state index is -3.62. The van der Waals surface area contributed by atoms with Crippen LogP contribution in [0.15, 0.2) is 53.4 Å². The molecule has 0 aliphatic carbocycles. The van der Waals surface area contributed by atoms with Crippen molar-refractivity contribution in [2.24, 2.45) is 0 Å². The lowest BCUT2D eigenvalue weighted by atomic mass is 10.2. The first-order chi connectivity index (χ1) is 14.4. The summed E-state index contributed by atoms with van der Waals surface area (Å²) < 4.78 is 33.1. The molecular formula is C22H29N3O4S. The molecule has 0 aromatic heterocycles. The van der Waals surface area contributed by atoms with Gasteiger partial charge in [0.25, 0.3) is 0 Å². The summed E-state index contributed by atoms with van der Waals surface area (Å²) >= 11 is 0. The van der Waals surface area contributed by atoms with E-state index in [1.165, 1.54) is 23.5 Å². The molecule has 1 heterocycles. The third-order valence-electron chi connectivity index (χ3n) is 5.23. The lowest BCUT2D eigenvalue weighted by molar-refractivity contribution is -0.114. The molecule has 0 spiro atoms. The molecule has 0 unspecified atom stereocenters. The van der Waals surface area contributed by atoms with Gasteiger partial charge in [-0.05, 0) is 43.2 Å². The summed E-state index contributed by atoms with van der Waals surface area (Å²) in [4.78, 5) is 14.6. The number of likely N-dealkylation sites (N-methyl/N-ethyl adjacent to an activating group) is 1. The molecule has 30 heavy (non-hydrogen) atoms. The molecule has 2 aromatic carbocycles. The van der Waals surface area contributed by atoms with Crippen molar-refractivity contribution in [1.82, 2.24) is 4.31 Å². The summed E-state index contributed by atoms with van der Waals surface area (Å²) in [7, 11) is -0.303. The third-order valence-corrected chi connectivity index (χ3v) is 7.12. The molecular weight excluding hydrogens is 402 g/mol. The van der Waals surface area contributed by atoms with Crippen molar-refractivity contribution in [2.45, 2.75) is 30.6 Å². The maximum absolute atomic E-state index is 13.1. The number of carbonyl (C=O) groups is 1. The van der Waals surface area contributed by atoms with Gasteiger partial charge in [-0.25, -0.2) is 8.42 Å². The van der Waals surface area contributed by atoms with Crippen molar-refractivity contribution in [3.05, 3.63) is 48.5 Å². The van der Waals surface area contributed by atoms with Crippen LogP contribution in [0.4, 0.5) is 11.4 Å². The maximum atomic E-state index is 13.1. The fourth-order valence-corrected chi connectivity index (χ4v) is 5.10. The lowest BCUT2D eigenvalue weighted by Crippen LogP contribution is -2.32. The largest absolute Gasteiger partial charge is 0.495 e. The number of nitrogens with one attached hydrogen (secondary N) is 1. The number of benzene rings is 2. The van der Waals surface area contributed by atoms with E-state index in [0.717, 1.165) is 31.4 Å². The molecule has 1 amide bonds. The van der Waals surface area contributed by atoms with Gasteiger partial charge >= 0.3 is 0 Å². The number of sulfonamides is 1. The maximum Gasteiger partial charge on any atom is 0.243 e. The van der Waals surface area contributed by atoms with Gasteiger partial charge in [-0.2, -0.15) is 4.31 Å². The predicted molar refractivity (Wildman–Crippen MR) is 119 cm³/mol. The van der Waals surface area contributed by atoms with Gasteiger partial charge in [0.05, 0.1) is 24.2 Å². The third kappa shape index (κ3) is 5.31. The summed E-state index contributed by atoms with van der Waals surface area (Å²) in [6.07, 6.45) is 3.82. The zero-order chi connectivity index (χ0) is 21.6. The van der Waals surface area contributed by atoms with E-state index in [1.54, 1.807) is 6.07 Å². The Hall–Kier alpha value is -2.58. The van der Waals surface area contributed by atoms with Crippen LogP contribution < -0.4 is 15.0 Å². The molecule has 0 bridgehead atoms. The van der Waals surface area contributed by atoms with Crippen LogP contribution in [-0.2, 0) is 14.8 Å². The summed E-state index contributed by atoms with van der Waals surface area (Å²) in [5, 5.41) is 2.80. The molecule has 0 saturated carbocycles. The number of rotatable bonds is 7. The molecule has 7 nitrogen and oxygen atoms in total. The van der Waals surface area contributed by atoms with Crippen molar-refractivity contribution in [2.75, 3.05) is 44.0 Å². The Bertz CT molecular complexity index is 956. The highest BCUT2D eigenvalue weighted by atomic mass is 32.2. The Morgan fingerprint density at radius 2 is 1.73 bits per heavy atom. The first kappa shape index (κ1) is 22.1. The van der Waals surface area contributed by atoms with Crippen molar-refractivity contribution in [3.63, 3.8) is 0 Å². The highest BCUT2D eigenvalue weighted by Crippen LogP contribution is 2.30. The van der Waals surface area contributed by atoms with Crippen LogP contribution in [0.25, 0.3) is 0 Å². The van der Waals surface area contributed by atoms with Gasteiger partial charge in [-0.15, -0.1) is 0 Å². The fourth-order valence-electron chi connectivity index (χ4n) is 3.56. The van der Waals surface area contributed by atoms with Crippen LogP contribution >= 0.6 is 0 Å². The van der Waals surface area contributed by atoms with Gasteiger partial charge < -0.3 is 15.0 Å². The number of amides is 1. The summed E-state index contributed by atoms with van der Waals surface area (Å²) in [6, 6.07) is 14.2. The van der Waals surface area contributed by atoms with E-state index < -0.39 is 10.0 Å². The monoisotopic (exact) mass is 431 g/mol. The smallest absolute Gasteiger partial charge is 0.243 e. The van der Waals surface area contributed by atoms with Gasteiger partial charge in [0.2, 0.25) is 15.9 Å². The van der Waals surface area contributed by atoms with Gasteiger partial charge in [0, 0.05) is 25.8 Å². The average molecular weight is 432 g/mol. The first-order valence-electron chi connectivity index (χ1n) is 10.2. The minimum absolute atomic E-state index is 0.121. The summed E-state index contributed by atoms with van der Waals surface area (Å²) in [5.74, 6) is 0.157. The second-order valence-electron chi connectivity index (χ2n) is 7.42. The Balaban J connectivity index is 1.78. The van der Waals surface area contributed by atoms with E-state index in [0.29, 0.717) is 24.5 Å². The number of methoxy groups -OCH3 is 1. The minimum Gasteiger partial charge on any atom is -0.495 e. The highest BCUT2D eigenvalue weighted by Gasteiger charge is 2.26. The van der Waals surface area contributed by atoms with Gasteiger partial charge in [0.15, 0.2) is 0 Å². The molecule has 8 heteroatoms. The Kier molecular flexibility index (Phi) is 7.33. The van der Waals surface area contributed by atoms with Crippen molar-refractivity contribution in [1.29, 1.82) is 0 Å². The molecule has 0 radical (unpaired) electrons. The number of hydrogen-bond acceptors (Lipinski definition) is 5. The van der Waals surface area contributed by atoms with Gasteiger partial charge in [-0.3, -0.25) is 4.79 Å². The predicted octanol–water partition coefficient (Wildman–Crippen LogP) is 3.33. The molecule has 162 valence electrons. The van der Waals surface area contributed by atoms with E-state index >= 15 is 0 Å². The summed E-state index contributed by atoms with van der Waals surface area (Å²) in [5.41, 5.74) is 1.26. The molecule has 2 aromatic rings. The second kappa shape index (κ2) is 9.95. The number of carbonyl (C=O) groups excluding carboxylic acids is 1. The lowest BCUT2D eigenvalue weighted by Gasteiger charge is -2.21. The quantitative estimate of drug-likeness (QED) is 0.727. The number of nitrogens with zero attached hydrogens (tertiary/aromatic N) is 2. The highest BCUT2D eigenvalue weighted by molar-refractivity contribution is 7.89. The van der Waals surface area contributed by atoms with Crippen LogP contribution in [0.2, 0.25) is 0 Å². The Morgan fingerprint density at radius 1 is 1.07 bits per heavy atom. The van der Waals surface area contributed by atoms with Crippen LogP contribution in [-0.4, -0.2) is 52.4 Å². The van der Waals surface area contributed by atoms with Crippen LogP contribution in [0, 0.1) is 0 Å². The van der Waals surface area contributed by atoms with Crippen LogP contribution in [0.5, 0.6) is 5.75 Å². The van der Waals surface area contributed by atoms with E-state index in [4.69, 9.17) is 4.74 Å². The SMILES string of the molecule is COc1ccc(S(=O)(=O)N2CCCCCC2)cc1NC(=O)CN(C)c1ccccc1. The topological polar surface area (TPSA) is 79.0 Å². The van der Waals surface area contributed by atoms with Gasteiger partial charge in [0.1, 0.15) is 5.75 Å². The number of ether oxygens (including phenoxy) is 1.